The van der Waals surface area contributed by atoms with Gasteiger partial charge < -0.3 is 15.7 Å². The van der Waals surface area contributed by atoms with Crippen LogP contribution in [0.25, 0.3) is 0 Å². The van der Waals surface area contributed by atoms with Gasteiger partial charge >= 0.3 is 0 Å². The number of aliphatic hydroxyl groups excluding tert-OH is 1. The van der Waals surface area contributed by atoms with Gasteiger partial charge in [0, 0.05) is 19.2 Å². The van der Waals surface area contributed by atoms with Crippen LogP contribution in [0.5, 0.6) is 0 Å². The van der Waals surface area contributed by atoms with E-state index in [0.717, 1.165) is 25.2 Å². The highest BCUT2D eigenvalue weighted by Gasteiger charge is 2.08. The molecule has 0 amide bonds. The van der Waals surface area contributed by atoms with Crippen molar-refractivity contribution < 1.29 is 5.11 Å². The van der Waals surface area contributed by atoms with E-state index < -0.39 is 0 Å². The monoisotopic (exact) mass is 224 g/mol. The molecule has 90 valence electrons. The Morgan fingerprint density at radius 2 is 2.12 bits per heavy atom. The van der Waals surface area contributed by atoms with Crippen molar-refractivity contribution in [2.24, 2.45) is 0 Å². The number of rotatable bonds is 6. The molecule has 0 aliphatic heterocycles. The Hall–Kier alpha value is -1.36. The third-order valence-electron chi connectivity index (χ3n) is 2.32. The zero-order valence-electron chi connectivity index (χ0n) is 9.98. The van der Waals surface area contributed by atoms with Gasteiger partial charge in [0.15, 0.2) is 0 Å². The molecule has 1 heterocycles. The summed E-state index contributed by atoms with van der Waals surface area (Å²) in [6.45, 7) is 5.53. The number of anilines is 2. The number of hydrogen-bond donors (Lipinski definition) is 2. The number of unbranched alkanes of at least 4 members (excludes halogenated alkanes) is 1. The fraction of sp³-hybridized carbons (Fsp3) is 0.636. The molecular weight excluding hydrogens is 204 g/mol. The predicted molar refractivity (Wildman–Crippen MR) is 65.4 cm³/mol. The summed E-state index contributed by atoms with van der Waals surface area (Å²) < 4.78 is 0. The number of nitrogens with two attached hydrogens (primary N) is 1. The number of aromatic nitrogens is 2. The van der Waals surface area contributed by atoms with Crippen LogP contribution in [-0.4, -0.2) is 34.8 Å². The molecule has 0 saturated heterocycles. The van der Waals surface area contributed by atoms with E-state index in [-0.39, 0.29) is 6.61 Å². The van der Waals surface area contributed by atoms with Gasteiger partial charge in [0.2, 0.25) is 0 Å². The molecule has 0 unspecified atom stereocenters. The second kappa shape index (κ2) is 6.27. The van der Waals surface area contributed by atoms with Crippen molar-refractivity contribution in [2.45, 2.75) is 26.7 Å². The number of nitrogen functional groups attached to an aromatic ring is 1. The van der Waals surface area contributed by atoms with E-state index in [1.807, 2.05) is 11.8 Å². The van der Waals surface area contributed by atoms with Crippen LogP contribution >= 0.6 is 0 Å². The first kappa shape index (κ1) is 12.7. The van der Waals surface area contributed by atoms with Gasteiger partial charge in [0.25, 0.3) is 0 Å². The van der Waals surface area contributed by atoms with Gasteiger partial charge in [0.05, 0.1) is 6.61 Å². The summed E-state index contributed by atoms with van der Waals surface area (Å²) in [6, 6.07) is 1.75. The first-order valence-corrected chi connectivity index (χ1v) is 5.64. The van der Waals surface area contributed by atoms with E-state index >= 15 is 0 Å². The lowest BCUT2D eigenvalue weighted by Gasteiger charge is -2.22. The lowest BCUT2D eigenvalue weighted by molar-refractivity contribution is 0.301. The maximum Gasteiger partial charge on any atom is 0.134 e. The first-order chi connectivity index (χ1) is 7.67. The summed E-state index contributed by atoms with van der Waals surface area (Å²) in [5.74, 6) is 1.93. The topological polar surface area (TPSA) is 75.3 Å². The van der Waals surface area contributed by atoms with E-state index in [9.17, 15) is 0 Å². The molecule has 1 aromatic heterocycles. The predicted octanol–water partition coefficient (Wildman–Crippen LogP) is 0.966. The van der Waals surface area contributed by atoms with Crippen molar-refractivity contribution in [2.75, 3.05) is 30.3 Å². The van der Waals surface area contributed by atoms with Crippen LogP contribution in [0.1, 0.15) is 25.6 Å². The molecule has 0 aliphatic carbocycles. The Labute approximate surface area is 96.3 Å². The van der Waals surface area contributed by atoms with Crippen LogP contribution in [0.2, 0.25) is 0 Å². The minimum atomic E-state index is 0.118. The molecule has 16 heavy (non-hydrogen) atoms. The molecule has 1 aromatic rings. The SMILES string of the molecule is CCCCN(CCO)c1cc(N)nc(C)n1. The third-order valence-corrected chi connectivity index (χ3v) is 2.32. The van der Waals surface area contributed by atoms with Gasteiger partial charge in [-0.3, -0.25) is 0 Å². The minimum absolute atomic E-state index is 0.118. The van der Waals surface area contributed by atoms with E-state index in [1.165, 1.54) is 0 Å². The van der Waals surface area contributed by atoms with Gasteiger partial charge in [0.1, 0.15) is 17.5 Å². The minimum Gasteiger partial charge on any atom is -0.395 e. The Morgan fingerprint density at radius 3 is 2.69 bits per heavy atom. The summed E-state index contributed by atoms with van der Waals surface area (Å²) in [5.41, 5.74) is 5.68. The average molecular weight is 224 g/mol. The Bertz CT molecular complexity index is 310. The van der Waals surface area contributed by atoms with Crippen molar-refractivity contribution in [3.8, 4) is 0 Å². The average Bonchev–Trinajstić information content (AvgIpc) is 2.22. The molecule has 0 saturated carbocycles. The molecule has 0 fully saturated rings. The van der Waals surface area contributed by atoms with Crippen LogP contribution < -0.4 is 10.6 Å². The fourth-order valence-electron chi connectivity index (χ4n) is 1.55. The molecule has 5 nitrogen and oxygen atoms in total. The Kier molecular flexibility index (Phi) is 4.98. The van der Waals surface area contributed by atoms with Gasteiger partial charge in [-0.1, -0.05) is 13.3 Å². The second-order valence-electron chi connectivity index (χ2n) is 3.76. The molecule has 1 rings (SSSR count). The first-order valence-electron chi connectivity index (χ1n) is 5.64. The maximum absolute atomic E-state index is 9.02. The van der Waals surface area contributed by atoms with E-state index in [4.69, 9.17) is 10.8 Å². The van der Waals surface area contributed by atoms with Crippen LogP contribution in [0, 0.1) is 6.92 Å². The highest BCUT2D eigenvalue weighted by Crippen LogP contribution is 2.14. The summed E-state index contributed by atoms with van der Waals surface area (Å²) in [6.07, 6.45) is 2.18. The number of aryl methyl sites for hydroxylation is 1. The van der Waals surface area contributed by atoms with Gasteiger partial charge in [-0.2, -0.15) is 0 Å². The molecule has 5 heteroatoms. The lowest BCUT2D eigenvalue weighted by Crippen LogP contribution is -2.29. The summed E-state index contributed by atoms with van der Waals surface area (Å²) in [5, 5.41) is 9.02. The smallest absolute Gasteiger partial charge is 0.134 e. The zero-order valence-corrected chi connectivity index (χ0v) is 9.98. The summed E-state index contributed by atoms with van der Waals surface area (Å²) in [7, 11) is 0. The standard InChI is InChI=1S/C11H20N4O/c1-3-4-5-15(6-7-16)11-8-10(12)13-9(2)14-11/h8,16H,3-7H2,1-2H3,(H2,12,13,14). The number of aliphatic hydroxyl groups is 1. The molecule has 0 bridgehead atoms. The molecule has 3 N–H and O–H groups in total. The molecule has 0 aliphatic rings. The second-order valence-corrected chi connectivity index (χ2v) is 3.76. The van der Waals surface area contributed by atoms with Crippen LogP contribution in [0.3, 0.4) is 0 Å². The van der Waals surface area contributed by atoms with Gasteiger partial charge in [-0.05, 0) is 13.3 Å². The number of hydrogen-bond acceptors (Lipinski definition) is 5. The van der Waals surface area contributed by atoms with Crippen molar-refractivity contribution in [3.05, 3.63) is 11.9 Å². The van der Waals surface area contributed by atoms with Gasteiger partial charge in [-0.15, -0.1) is 0 Å². The van der Waals surface area contributed by atoms with Crippen LogP contribution in [0.15, 0.2) is 6.07 Å². The Morgan fingerprint density at radius 1 is 1.38 bits per heavy atom. The van der Waals surface area contributed by atoms with Crippen LogP contribution in [-0.2, 0) is 0 Å². The normalized spacial score (nSPS) is 10.4. The molecular formula is C11H20N4O. The Balaban J connectivity index is 2.82. The van der Waals surface area contributed by atoms with E-state index in [1.54, 1.807) is 6.07 Å². The lowest BCUT2D eigenvalue weighted by atomic mass is 10.3. The molecule has 0 radical (unpaired) electrons. The van der Waals surface area contributed by atoms with Gasteiger partial charge in [-0.25, -0.2) is 9.97 Å². The van der Waals surface area contributed by atoms with Crippen LogP contribution in [0.4, 0.5) is 11.6 Å². The van der Waals surface area contributed by atoms with E-state index in [0.29, 0.717) is 18.2 Å². The summed E-state index contributed by atoms with van der Waals surface area (Å²) in [4.78, 5) is 10.4. The van der Waals surface area contributed by atoms with Crippen molar-refractivity contribution in [1.82, 2.24) is 9.97 Å². The molecule has 0 aromatic carbocycles. The molecule has 0 atom stereocenters. The number of nitrogens with zero attached hydrogens (tertiary/aromatic N) is 3. The maximum atomic E-state index is 9.02. The highest BCUT2D eigenvalue weighted by atomic mass is 16.3. The largest absolute Gasteiger partial charge is 0.395 e. The van der Waals surface area contributed by atoms with E-state index in [2.05, 4.69) is 16.9 Å². The summed E-state index contributed by atoms with van der Waals surface area (Å²) >= 11 is 0. The fourth-order valence-corrected chi connectivity index (χ4v) is 1.55. The van der Waals surface area contributed by atoms with Crippen molar-refractivity contribution in [3.63, 3.8) is 0 Å². The quantitative estimate of drug-likeness (QED) is 0.753. The van der Waals surface area contributed by atoms with Crippen molar-refractivity contribution >= 4 is 11.6 Å². The highest BCUT2D eigenvalue weighted by molar-refractivity contribution is 5.46. The third kappa shape index (κ3) is 3.66. The molecule has 0 spiro atoms. The zero-order chi connectivity index (χ0) is 12.0. The van der Waals surface area contributed by atoms with Crippen molar-refractivity contribution in [1.29, 1.82) is 0 Å².